The van der Waals surface area contributed by atoms with Gasteiger partial charge in [0.25, 0.3) is 32.1 Å². The Labute approximate surface area is 174 Å². The lowest BCUT2D eigenvalue weighted by Crippen LogP contribution is -2.60. The van der Waals surface area contributed by atoms with Crippen molar-refractivity contribution in [2.75, 3.05) is 0 Å². The molecule has 0 aromatic carbocycles. The number of imide groups is 2. The SMILES string of the molecule is [2H]C(C(=O)O)(C(CC(=O)O)N1C(=O)CC(S(=O)(=O)O)C1=O)N1C(=O)CC(S(=O)(=O)O)C1=O. The smallest absolute Gasteiger partial charge is 0.329 e. The average molecular weight is 487 g/mol. The molecule has 4 N–H and O–H groups in total. The minimum atomic E-state index is -5.29. The van der Waals surface area contributed by atoms with Crippen LogP contribution in [-0.4, -0.2) is 104 Å². The molecule has 2 fully saturated rings. The van der Waals surface area contributed by atoms with Gasteiger partial charge in [-0.05, 0) is 0 Å². The van der Waals surface area contributed by atoms with Crippen LogP contribution in [0.4, 0.5) is 0 Å². The lowest BCUT2D eigenvalue weighted by molar-refractivity contribution is -0.162. The van der Waals surface area contributed by atoms with Gasteiger partial charge >= 0.3 is 11.9 Å². The Morgan fingerprint density at radius 2 is 1.29 bits per heavy atom. The fraction of sp³-hybridized carbons (Fsp3) is 0.538. The predicted octanol–water partition coefficient (Wildman–Crippen LogP) is -3.69. The van der Waals surface area contributed by atoms with E-state index in [1.165, 1.54) is 0 Å². The monoisotopic (exact) mass is 487 g/mol. The maximum Gasteiger partial charge on any atom is 0.329 e. The highest BCUT2D eigenvalue weighted by molar-refractivity contribution is 7.87. The van der Waals surface area contributed by atoms with Gasteiger partial charge in [-0.2, -0.15) is 16.8 Å². The highest BCUT2D eigenvalue weighted by Crippen LogP contribution is 2.30. The minimum Gasteiger partial charge on any atom is -0.481 e. The third kappa shape index (κ3) is 4.55. The molecule has 2 saturated heterocycles. The molecule has 0 aromatic heterocycles. The van der Waals surface area contributed by atoms with E-state index in [4.69, 9.17) is 15.6 Å². The van der Waals surface area contributed by atoms with E-state index in [0.717, 1.165) is 0 Å². The molecule has 31 heavy (non-hydrogen) atoms. The molecule has 18 heteroatoms. The molecular formula is C13H14N2O14S2. The van der Waals surface area contributed by atoms with Crippen molar-refractivity contribution in [1.82, 2.24) is 9.80 Å². The van der Waals surface area contributed by atoms with E-state index >= 15 is 0 Å². The van der Waals surface area contributed by atoms with Gasteiger partial charge in [0.15, 0.2) is 16.5 Å². The molecule has 2 aliphatic heterocycles. The number of hydrogen-bond acceptors (Lipinski definition) is 10. The van der Waals surface area contributed by atoms with Crippen molar-refractivity contribution in [2.45, 2.75) is 41.8 Å². The molecular weight excluding hydrogens is 472 g/mol. The zero-order valence-electron chi connectivity index (χ0n) is 15.9. The molecule has 2 aliphatic rings. The summed E-state index contributed by atoms with van der Waals surface area (Å²) < 4.78 is 71.8. The Morgan fingerprint density at radius 1 is 0.903 bits per heavy atom. The number of nitrogens with zero attached hydrogens (tertiary/aromatic N) is 2. The van der Waals surface area contributed by atoms with E-state index in [-0.39, 0.29) is 4.90 Å². The summed E-state index contributed by atoms with van der Waals surface area (Å²) in [5.74, 6) is -11.4. The lowest BCUT2D eigenvalue weighted by Gasteiger charge is -2.34. The number of carboxylic acids is 2. The normalized spacial score (nSPS) is 26.1. The molecule has 4 amide bonds. The van der Waals surface area contributed by atoms with E-state index in [1.54, 1.807) is 0 Å². The van der Waals surface area contributed by atoms with E-state index < -0.39 is 103 Å². The van der Waals surface area contributed by atoms with Crippen LogP contribution in [0.25, 0.3) is 0 Å². The third-order valence-corrected chi connectivity index (χ3v) is 6.60. The molecule has 0 aliphatic carbocycles. The Morgan fingerprint density at radius 3 is 1.61 bits per heavy atom. The second-order valence-corrected chi connectivity index (χ2v) is 9.59. The van der Waals surface area contributed by atoms with Crippen LogP contribution < -0.4 is 0 Å². The van der Waals surface area contributed by atoms with Crippen LogP contribution in [-0.2, 0) is 49.0 Å². The first-order valence-electron chi connectivity index (χ1n) is 8.45. The summed E-state index contributed by atoms with van der Waals surface area (Å²) in [5.41, 5.74) is 0. The molecule has 172 valence electrons. The van der Waals surface area contributed by atoms with Crippen LogP contribution in [0.1, 0.15) is 20.6 Å². The van der Waals surface area contributed by atoms with Gasteiger partial charge in [0.1, 0.15) is 0 Å². The standard InChI is InChI=1S/C13H14N2O14S2/c16-7-2-5(30(24,25)26)11(20)14(7)4(1-9(18)19)10(13(22)23)15-8(17)3-6(12(15)21)31(27,28)29/h4-6,10H,1-3H2,(H,18,19)(H,22,23)(H,24,25,26)(H,27,28,29)/i10D. The van der Waals surface area contributed by atoms with Crippen LogP contribution in [0.3, 0.4) is 0 Å². The summed E-state index contributed by atoms with van der Waals surface area (Å²) in [7, 11) is -10.5. The van der Waals surface area contributed by atoms with Crippen LogP contribution >= 0.6 is 0 Å². The second-order valence-electron chi connectivity index (χ2n) is 6.39. The molecule has 0 radical (unpaired) electrons. The van der Waals surface area contributed by atoms with Gasteiger partial charge in [0.05, 0.1) is 26.7 Å². The molecule has 2 heterocycles. The topological polar surface area (TPSA) is 258 Å². The molecule has 0 bridgehead atoms. The van der Waals surface area contributed by atoms with Gasteiger partial charge < -0.3 is 10.2 Å². The summed E-state index contributed by atoms with van der Waals surface area (Å²) in [5, 5.41) is 13.7. The summed E-state index contributed by atoms with van der Waals surface area (Å²) in [6.45, 7) is 0. The summed E-state index contributed by atoms with van der Waals surface area (Å²) in [6.07, 6.45) is -4.20. The summed E-state index contributed by atoms with van der Waals surface area (Å²) in [6, 6.07) is -6.58. The number of carbonyl (C=O) groups excluding carboxylic acids is 4. The molecule has 16 nitrogen and oxygen atoms in total. The van der Waals surface area contributed by atoms with E-state index in [1.807, 2.05) is 0 Å². The van der Waals surface area contributed by atoms with E-state index in [9.17, 15) is 50.7 Å². The number of aliphatic carboxylic acids is 2. The van der Waals surface area contributed by atoms with E-state index in [2.05, 4.69) is 0 Å². The van der Waals surface area contributed by atoms with Crippen molar-refractivity contribution in [3.63, 3.8) is 0 Å². The first-order valence-corrected chi connectivity index (χ1v) is 11.0. The number of carboxylic acid groups (broad SMARTS) is 2. The van der Waals surface area contributed by atoms with Crippen molar-refractivity contribution >= 4 is 55.8 Å². The first kappa shape index (κ1) is 22.7. The van der Waals surface area contributed by atoms with Gasteiger partial charge in [-0.1, -0.05) is 0 Å². The van der Waals surface area contributed by atoms with E-state index in [0.29, 0.717) is 0 Å². The van der Waals surface area contributed by atoms with Gasteiger partial charge in [-0.25, -0.2) is 4.79 Å². The molecule has 4 unspecified atom stereocenters. The van der Waals surface area contributed by atoms with Crippen LogP contribution in [0.2, 0.25) is 0 Å². The maximum absolute atomic E-state index is 12.4. The Bertz CT molecular complexity index is 1150. The summed E-state index contributed by atoms with van der Waals surface area (Å²) in [4.78, 5) is 71.9. The van der Waals surface area contributed by atoms with Crippen molar-refractivity contribution < 1.29 is 66.3 Å². The van der Waals surface area contributed by atoms with Crippen molar-refractivity contribution in [3.8, 4) is 0 Å². The van der Waals surface area contributed by atoms with Crippen LogP contribution in [0.15, 0.2) is 0 Å². The highest BCUT2D eigenvalue weighted by Gasteiger charge is 2.57. The van der Waals surface area contributed by atoms with Crippen molar-refractivity contribution in [2.24, 2.45) is 0 Å². The van der Waals surface area contributed by atoms with Gasteiger partial charge in [0.2, 0.25) is 11.8 Å². The first-order chi connectivity index (χ1) is 14.3. The van der Waals surface area contributed by atoms with Gasteiger partial charge in [-0.3, -0.25) is 42.9 Å². The predicted molar refractivity (Wildman–Crippen MR) is 91.1 cm³/mol. The quantitative estimate of drug-likeness (QED) is 0.190. The third-order valence-electron chi connectivity index (χ3n) is 4.42. The number of hydrogen-bond donors (Lipinski definition) is 4. The number of amides is 4. The van der Waals surface area contributed by atoms with Gasteiger partial charge in [-0.15, -0.1) is 0 Å². The molecule has 0 aromatic rings. The number of likely N-dealkylation sites (tertiary alicyclic amines) is 2. The van der Waals surface area contributed by atoms with Crippen LogP contribution in [0, 0.1) is 0 Å². The van der Waals surface area contributed by atoms with Crippen LogP contribution in [0.5, 0.6) is 0 Å². The molecule has 0 saturated carbocycles. The van der Waals surface area contributed by atoms with Gasteiger partial charge in [0, 0.05) is 0 Å². The lowest BCUT2D eigenvalue weighted by atomic mass is 10.0. The zero-order valence-corrected chi connectivity index (χ0v) is 16.6. The van der Waals surface area contributed by atoms with Crippen molar-refractivity contribution in [1.29, 1.82) is 0 Å². The highest BCUT2D eigenvalue weighted by atomic mass is 32.2. The Kier molecular flexibility index (Phi) is 5.82. The minimum absolute atomic E-state index is 0.283. The largest absolute Gasteiger partial charge is 0.481 e. The maximum atomic E-state index is 12.4. The van der Waals surface area contributed by atoms with Crippen molar-refractivity contribution in [3.05, 3.63) is 0 Å². The molecule has 4 atom stereocenters. The molecule has 0 spiro atoms. The number of carbonyl (C=O) groups is 6. The Hall–Kier alpha value is -2.96. The molecule has 2 rings (SSSR count). The fourth-order valence-electron chi connectivity index (χ4n) is 3.14. The average Bonchev–Trinajstić information content (AvgIpc) is 3.07. The fourth-order valence-corrected chi connectivity index (χ4v) is 4.57. The zero-order chi connectivity index (χ0) is 25.0. The second kappa shape index (κ2) is 7.94. The Balaban J connectivity index is 2.70. The number of rotatable bonds is 8. The summed E-state index contributed by atoms with van der Waals surface area (Å²) >= 11 is 0.